The van der Waals surface area contributed by atoms with Gasteiger partial charge in [0.2, 0.25) is 5.89 Å². The van der Waals surface area contributed by atoms with Gasteiger partial charge < -0.3 is 15.5 Å². The molecule has 0 radical (unpaired) electrons. The minimum Gasteiger partial charge on any atom is -0.444 e. The molecule has 1 aromatic carbocycles. The largest absolute Gasteiger partial charge is 0.444 e. The first-order valence-electron chi connectivity index (χ1n) is 8.67. The molecular formula is C20H14N6O4. The number of pyridine rings is 1. The third-order valence-corrected chi connectivity index (χ3v) is 4.15. The van der Waals surface area contributed by atoms with Crippen LogP contribution in [0.3, 0.4) is 0 Å². The van der Waals surface area contributed by atoms with Gasteiger partial charge in [0.15, 0.2) is 11.4 Å². The Balaban J connectivity index is 1.60. The summed E-state index contributed by atoms with van der Waals surface area (Å²) in [4.78, 5) is 43.2. The monoisotopic (exact) mass is 402 g/mol. The fourth-order valence-corrected chi connectivity index (χ4v) is 2.68. The van der Waals surface area contributed by atoms with Crippen molar-refractivity contribution in [2.45, 2.75) is 0 Å². The highest BCUT2D eigenvalue weighted by Crippen LogP contribution is 2.21. The molecule has 2 amide bonds. The number of carbonyl (C=O) groups is 3. The second kappa shape index (κ2) is 7.80. The number of rotatable bonds is 6. The topological polar surface area (TPSA) is 146 Å². The van der Waals surface area contributed by atoms with Gasteiger partial charge in [0, 0.05) is 23.5 Å². The third-order valence-electron chi connectivity index (χ3n) is 4.15. The Kier molecular flexibility index (Phi) is 4.87. The van der Waals surface area contributed by atoms with Crippen LogP contribution < -0.4 is 11.1 Å². The third kappa shape index (κ3) is 3.69. The SMILES string of the molecule is NC(=O)c1nn(-c2ccc(C=O)cc2)cc1NC(=O)c1coc(-c2ccncc2)n1. The maximum absolute atomic E-state index is 12.6. The zero-order valence-corrected chi connectivity index (χ0v) is 15.4. The molecule has 4 aromatic rings. The average molecular weight is 402 g/mol. The quantitative estimate of drug-likeness (QED) is 0.469. The van der Waals surface area contributed by atoms with E-state index in [4.69, 9.17) is 10.2 Å². The van der Waals surface area contributed by atoms with E-state index >= 15 is 0 Å². The Labute approximate surface area is 169 Å². The average Bonchev–Trinajstić information content (AvgIpc) is 3.42. The molecule has 0 bridgehead atoms. The summed E-state index contributed by atoms with van der Waals surface area (Å²) >= 11 is 0. The standard InChI is InChI=1S/C20H14N6O4/c21-18(28)17-15(9-26(25-17)14-3-1-12(10-27)2-4-14)23-19(29)16-11-30-20(24-16)13-5-7-22-8-6-13/h1-11H,(H2,21,28)(H,23,29). The molecule has 3 N–H and O–H groups in total. The van der Waals surface area contributed by atoms with Crippen LogP contribution in [0.25, 0.3) is 17.1 Å². The lowest BCUT2D eigenvalue weighted by atomic mass is 10.2. The normalized spacial score (nSPS) is 10.5. The van der Waals surface area contributed by atoms with Crippen LogP contribution in [0.2, 0.25) is 0 Å². The summed E-state index contributed by atoms with van der Waals surface area (Å²) in [5, 5.41) is 6.69. The number of nitrogens with two attached hydrogens (primary N) is 1. The van der Waals surface area contributed by atoms with Crippen molar-refractivity contribution in [1.82, 2.24) is 19.7 Å². The van der Waals surface area contributed by atoms with Gasteiger partial charge in [-0.15, -0.1) is 0 Å². The Morgan fingerprint density at radius 3 is 2.50 bits per heavy atom. The van der Waals surface area contributed by atoms with Gasteiger partial charge in [-0.3, -0.25) is 19.4 Å². The highest BCUT2D eigenvalue weighted by Gasteiger charge is 2.20. The maximum Gasteiger partial charge on any atom is 0.277 e. The summed E-state index contributed by atoms with van der Waals surface area (Å²) in [5.41, 5.74) is 7.12. The molecule has 0 atom stereocenters. The van der Waals surface area contributed by atoms with E-state index in [1.165, 1.54) is 17.1 Å². The molecule has 10 nitrogen and oxygen atoms in total. The van der Waals surface area contributed by atoms with Crippen molar-refractivity contribution in [3.63, 3.8) is 0 Å². The molecule has 148 valence electrons. The van der Waals surface area contributed by atoms with E-state index in [0.29, 0.717) is 23.1 Å². The summed E-state index contributed by atoms with van der Waals surface area (Å²) in [7, 11) is 0. The van der Waals surface area contributed by atoms with Crippen molar-refractivity contribution in [3.05, 3.63) is 78.2 Å². The van der Waals surface area contributed by atoms with E-state index in [-0.39, 0.29) is 23.0 Å². The number of aldehydes is 1. The van der Waals surface area contributed by atoms with Gasteiger partial charge >= 0.3 is 0 Å². The number of hydrogen-bond acceptors (Lipinski definition) is 7. The number of amides is 2. The molecule has 0 aliphatic heterocycles. The number of oxazole rings is 1. The summed E-state index contributed by atoms with van der Waals surface area (Å²) in [6.07, 6.45) is 6.52. The lowest BCUT2D eigenvalue weighted by Gasteiger charge is -2.01. The van der Waals surface area contributed by atoms with Crippen LogP contribution in [0, 0.1) is 0 Å². The van der Waals surface area contributed by atoms with Gasteiger partial charge in [-0.1, -0.05) is 0 Å². The first kappa shape index (κ1) is 18.7. The van der Waals surface area contributed by atoms with E-state index in [1.54, 1.807) is 48.8 Å². The number of aromatic nitrogens is 4. The van der Waals surface area contributed by atoms with Crippen LogP contribution in [0.4, 0.5) is 5.69 Å². The van der Waals surface area contributed by atoms with Crippen LogP contribution in [0.1, 0.15) is 31.3 Å². The minimum atomic E-state index is -0.814. The van der Waals surface area contributed by atoms with Crippen molar-refractivity contribution in [2.24, 2.45) is 5.73 Å². The van der Waals surface area contributed by atoms with Gasteiger partial charge in [-0.2, -0.15) is 5.10 Å². The second-order valence-corrected chi connectivity index (χ2v) is 6.14. The van der Waals surface area contributed by atoms with Crippen LogP contribution in [-0.2, 0) is 0 Å². The molecule has 0 aliphatic rings. The maximum atomic E-state index is 12.6. The van der Waals surface area contributed by atoms with Crippen molar-refractivity contribution in [1.29, 1.82) is 0 Å². The van der Waals surface area contributed by atoms with E-state index in [9.17, 15) is 14.4 Å². The molecule has 0 saturated carbocycles. The molecule has 0 aliphatic carbocycles. The first-order valence-corrected chi connectivity index (χ1v) is 8.67. The summed E-state index contributed by atoms with van der Waals surface area (Å²) < 4.78 is 6.71. The molecule has 3 heterocycles. The van der Waals surface area contributed by atoms with Crippen LogP contribution in [0.5, 0.6) is 0 Å². The Bertz CT molecular complexity index is 1230. The van der Waals surface area contributed by atoms with Crippen LogP contribution in [-0.4, -0.2) is 37.8 Å². The fraction of sp³-hybridized carbons (Fsp3) is 0. The van der Waals surface area contributed by atoms with Crippen molar-refractivity contribution < 1.29 is 18.8 Å². The Morgan fingerprint density at radius 2 is 1.83 bits per heavy atom. The van der Waals surface area contributed by atoms with Crippen molar-refractivity contribution in [2.75, 3.05) is 5.32 Å². The summed E-state index contributed by atoms with van der Waals surface area (Å²) in [6.45, 7) is 0. The van der Waals surface area contributed by atoms with Gasteiger partial charge in [-0.05, 0) is 36.4 Å². The lowest BCUT2D eigenvalue weighted by molar-refractivity contribution is 0.0995. The number of nitrogens with zero attached hydrogens (tertiary/aromatic N) is 4. The van der Waals surface area contributed by atoms with Gasteiger partial charge in [0.25, 0.3) is 11.8 Å². The smallest absolute Gasteiger partial charge is 0.277 e. The molecule has 30 heavy (non-hydrogen) atoms. The molecule has 0 unspecified atom stereocenters. The van der Waals surface area contributed by atoms with Gasteiger partial charge in [0.1, 0.15) is 12.5 Å². The van der Waals surface area contributed by atoms with Gasteiger partial charge in [0.05, 0.1) is 17.6 Å². The van der Waals surface area contributed by atoms with E-state index in [2.05, 4.69) is 20.4 Å². The number of carbonyl (C=O) groups excluding carboxylic acids is 3. The van der Waals surface area contributed by atoms with Crippen molar-refractivity contribution >= 4 is 23.8 Å². The predicted octanol–water partition coefficient (Wildman–Crippen LogP) is 2.09. The first-order chi connectivity index (χ1) is 14.5. The number of hydrogen-bond donors (Lipinski definition) is 2. The number of anilines is 1. The fourth-order valence-electron chi connectivity index (χ4n) is 2.68. The minimum absolute atomic E-state index is 0.0142. The van der Waals surface area contributed by atoms with Gasteiger partial charge in [-0.25, -0.2) is 9.67 Å². The van der Waals surface area contributed by atoms with Crippen LogP contribution in [0.15, 0.2) is 65.7 Å². The van der Waals surface area contributed by atoms with E-state index < -0.39 is 11.8 Å². The molecular weight excluding hydrogens is 388 g/mol. The lowest BCUT2D eigenvalue weighted by Crippen LogP contribution is -2.18. The molecule has 0 fully saturated rings. The Morgan fingerprint density at radius 1 is 1.10 bits per heavy atom. The van der Waals surface area contributed by atoms with Crippen LogP contribution >= 0.6 is 0 Å². The molecule has 0 saturated heterocycles. The second-order valence-electron chi connectivity index (χ2n) is 6.14. The highest BCUT2D eigenvalue weighted by molar-refractivity contribution is 6.07. The molecule has 4 rings (SSSR count). The number of benzene rings is 1. The Hall–Kier alpha value is -4.60. The highest BCUT2D eigenvalue weighted by atomic mass is 16.3. The molecule has 3 aromatic heterocycles. The number of nitrogens with one attached hydrogen (secondary N) is 1. The summed E-state index contributed by atoms with van der Waals surface area (Å²) in [5.74, 6) is -1.16. The summed E-state index contributed by atoms with van der Waals surface area (Å²) in [6, 6.07) is 9.87. The zero-order chi connectivity index (χ0) is 21.1. The van der Waals surface area contributed by atoms with E-state index in [0.717, 1.165) is 0 Å². The molecule has 0 spiro atoms. The number of primary amides is 1. The zero-order valence-electron chi connectivity index (χ0n) is 15.4. The molecule has 10 heteroatoms. The van der Waals surface area contributed by atoms with Crippen molar-refractivity contribution in [3.8, 4) is 17.1 Å². The predicted molar refractivity (Wildman–Crippen MR) is 105 cm³/mol. The van der Waals surface area contributed by atoms with E-state index in [1.807, 2.05) is 0 Å².